The molecule has 0 aliphatic carbocycles. The van der Waals surface area contributed by atoms with Crippen molar-refractivity contribution in [3.63, 3.8) is 0 Å². The molecule has 0 rings (SSSR count). The Morgan fingerprint density at radius 1 is 1.38 bits per heavy atom. The summed E-state index contributed by atoms with van der Waals surface area (Å²) in [5.41, 5.74) is 4.81. The van der Waals surface area contributed by atoms with Crippen LogP contribution in [0.25, 0.3) is 0 Å². The topological polar surface area (TPSA) is 72.2 Å². The van der Waals surface area contributed by atoms with Gasteiger partial charge in [-0.1, -0.05) is 29.8 Å². The Balaban J connectivity index is 0. The first kappa shape index (κ1) is 16.1. The molecule has 6 heteroatoms. The van der Waals surface area contributed by atoms with Crippen LogP contribution in [-0.2, 0) is 4.79 Å². The standard InChI is InChI=1S/C7H13BrN2O2.Ca.2H/c1-3-7(8,4-2)5(11)10-6(9)12;;;/h3-4H2,1-2H3,(H3,9,10,11,12);;;. The number of rotatable bonds is 3. The zero-order chi connectivity index (χ0) is 9.78. The molecule has 0 saturated carbocycles. The molecule has 0 aromatic heterocycles. The van der Waals surface area contributed by atoms with Gasteiger partial charge in [-0.15, -0.1) is 0 Å². The number of hydrogen-bond acceptors (Lipinski definition) is 2. The average Bonchev–Trinajstić information content (AvgIpc) is 2.02. The molecule has 3 N–H and O–H groups in total. The summed E-state index contributed by atoms with van der Waals surface area (Å²) >= 11 is 3.26. The quantitative estimate of drug-likeness (QED) is 0.573. The van der Waals surface area contributed by atoms with Crippen molar-refractivity contribution in [1.29, 1.82) is 0 Å². The van der Waals surface area contributed by atoms with Crippen LogP contribution in [0.1, 0.15) is 26.7 Å². The van der Waals surface area contributed by atoms with E-state index in [-0.39, 0.29) is 43.6 Å². The summed E-state index contributed by atoms with van der Waals surface area (Å²) in [7, 11) is 0. The van der Waals surface area contributed by atoms with Gasteiger partial charge in [-0.05, 0) is 12.8 Å². The third kappa shape index (κ3) is 5.20. The maximum atomic E-state index is 11.3. The van der Waals surface area contributed by atoms with Crippen LogP contribution in [0, 0.1) is 0 Å². The van der Waals surface area contributed by atoms with Crippen molar-refractivity contribution in [3.05, 3.63) is 0 Å². The summed E-state index contributed by atoms with van der Waals surface area (Å²) in [6, 6.07) is -0.814. The van der Waals surface area contributed by atoms with Gasteiger partial charge in [0, 0.05) is 0 Å². The molecule has 0 aromatic rings. The van der Waals surface area contributed by atoms with Gasteiger partial charge in [0.2, 0.25) is 5.91 Å². The number of nitrogens with one attached hydrogen (secondary N) is 1. The molecule has 0 aliphatic rings. The Morgan fingerprint density at radius 3 is 2.00 bits per heavy atom. The Bertz CT molecular complexity index is 195. The monoisotopic (exact) mass is 278 g/mol. The van der Waals surface area contributed by atoms with Crippen molar-refractivity contribution < 1.29 is 9.59 Å². The Hall–Kier alpha value is 0.680. The molecule has 0 spiro atoms. The molecule has 0 unspecified atom stereocenters. The fourth-order valence-electron chi connectivity index (χ4n) is 0.795. The first-order chi connectivity index (χ1) is 5.46. The van der Waals surface area contributed by atoms with Gasteiger partial charge in [0.1, 0.15) is 4.32 Å². The Morgan fingerprint density at radius 2 is 1.77 bits per heavy atom. The normalized spacial score (nSPS) is 10.1. The van der Waals surface area contributed by atoms with E-state index in [0.717, 1.165) is 0 Å². The molecule has 4 nitrogen and oxygen atoms in total. The molecule has 0 aliphatic heterocycles. The fourth-order valence-corrected chi connectivity index (χ4v) is 0.894. The maximum absolute atomic E-state index is 11.3. The van der Waals surface area contributed by atoms with Crippen LogP contribution in [0.5, 0.6) is 0 Å². The fraction of sp³-hybridized carbons (Fsp3) is 0.714. The van der Waals surface area contributed by atoms with Gasteiger partial charge in [0.05, 0.1) is 0 Å². The second-order valence-corrected chi connectivity index (χ2v) is 4.01. The number of nitrogens with two attached hydrogens (primary N) is 1. The molecule has 0 fully saturated rings. The zero-order valence-corrected chi connectivity index (χ0v) is 8.77. The van der Waals surface area contributed by atoms with Gasteiger partial charge in [-0.2, -0.15) is 0 Å². The van der Waals surface area contributed by atoms with E-state index in [2.05, 4.69) is 15.9 Å². The molecule has 0 atom stereocenters. The number of halogens is 1. The average molecular weight is 279 g/mol. The van der Waals surface area contributed by atoms with Crippen molar-refractivity contribution >= 4 is 65.6 Å². The number of amides is 3. The van der Waals surface area contributed by atoms with Crippen molar-refractivity contribution in [3.8, 4) is 0 Å². The molecule has 0 saturated heterocycles. The van der Waals surface area contributed by atoms with Gasteiger partial charge in [-0.25, -0.2) is 4.79 Å². The van der Waals surface area contributed by atoms with Crippen molar-refractivity contribution in [1.82, 2.24) is 5.32 Å². The third-order valence-electron chi connectivity index (χ3n) is 1.76. The number of imide groups is 1. The molecule has 0 radical (unpaired) electrons. The number of carbonyl (C=O) groups excluding carboxylic acids is 2. The molecule has 0 bridgehead atoms. The predicted octanol–water partition coefficient (Wildman–Crippen LogP) is 0.219. The minimum absolute atomic E-state index is 0. The number of alkyl halides is 1. The van der Waals surface area contributed by atoms with Crippen LogP contribution in [-0.4, -0.2) is 54.0 Å². The zero-order valence-electron chi connectivity index (χ0n) is 7.19. The van der Waals surface area contributed by atoms with E-state index < -0.39 is 10.4 Å². The van der Waals surface area contributed by atoms with Crippen LogP contribution in [0.4, 0.5) is 4.79 Å². The predicted molar refractivity (Wildman–Crippen MR) is 58.5 cm³/mol. The first-order valence-electron chi connectivity index (χ1n) is 3.76. The van der Waals surface area contributed by atoms with E-state index in [9.17, 15) is 9.59 Å². The van der Waals surface area contributed by atoms with E-state index in [0.29, 0.717) is 12.8 Å². The summed E-state index contributed by atoms with van der Waals surface area (Å²) in [4.78, 5) is 21.6. The third-order valence-corrected chi connectivity index (χ3v) is 3.25. The van der Waals surface area contributed by atoms with Crippen molar-refractivity contribution in [2.75, 3.05) is 0 Å². The van der Waals surface area contributed by atoms with Crippen LogP contribution >= 0.6 is 15.9 Å². The van der Waals surface area contributed by atoms with E-state index in [1.807, 2.05) is 19.2 Å². The summed E-state index contributed by atoms with van der Waals surface area (Å²) in [6.07, 6.45) is 1.23. The second kappa shape index (κ2) is 7.04. The van der Waals surface area contributed by atoms with Crippen LogP contribution in [0.15, 0.2) is 0 Å². The van der Waals surface area contributed by atoms with Gasteiger partial charge < -0.3 is 5.73 Å². The number of urea groups is 1. The summed E-state index contributed by atoms with van der Waals surface area (Å²) in [5, 5.41) is 2.04. The van der Waals surface area contributed by atoms with Crippen molar-refractivity contribution in [2.24, 2.45) is 5.73 Å². The number of carbonyl (C=O) groups is 2. The van der Waals surface area contributed by atoms with Crippen LogP contribution in [0.2, 0.25) is 0 Å². The molecule has 74 valence electrons. The van der Waals surface area contributed by atoms with Gasteiger partial charge >= 0.3 is 43.8 Å². The SMILES string of the molecule is CCC(Br)(CC)C(=O)NC(N)=O.[CaH2]. The second-order valence-electron chi connectivity index (χ2n) is 2.49. The summed E-state index contributed by atoms with van der Waals surface area (Å²) < 4.78 is -0.665. The molecule has 13 heavy (non-hydrogen) atoms. The molecule has 0 aromatic carbocycles. The first-order valence-corrected chi connectivity index (χ1v) is 4.55. The van der Waals surface area contributed by atoms with Gasteiger partial charge in [0.25, 0.3) is 0 Å². The number of hydrogen-bond donors (Lipinski definition) is 2. The van der Waals surface area contributed by atoms with Gasteiger partial charge in [0.15, 0.2) is 0 Å². The molecular weight excluding hydrogens is 264 g/mol. The number of primary amides is 1. The van der Waals surface area contributed by atoms with Crippen molar-refractivity contribution in [2.45, 2.75) is 31.0 Å². The molecule has 0 heterocycles. The summed E-state index contributed by atoms with van der Waals surface area (Å²) in [5.74, 6) is -0.375. The van der Waals surface area contributed by atoms with E-state index in [1.165, 1.54) is 0 Å². The van der Waals surface area contributed by atoms with Crippen LogP contribution < -0.4 is 11.1 Å². The van der Waals surface area contributed by atoms with Crippen LogP contribution in [0.3, 0.4) is 0 Å². The van der Waals surface area contributed by atoms with E-state index in [4.69, 9.17) is 5.73 Å². The van der Waals surface area contributed by atoms with E-state index in [1.54, 1.807) is 0 Å². The minimum atomic E-state index is -0.814. The Kier molecular flexibility index (Phi) is 8.73. The molecule has 3 amide bonds. The molecular formula is C7H15BrCaN2O2. The van der Waals surface area contributed by atoms with Gasteiger partial charge in [-0.3, -0.25) is 10.1 Å². The Labute approximate surface area is 116 Å². The van der Waals surface area contributed by atoms with E-state index >= 15 is 0 Å². The summed E-state index contributed by atoms with van der Waals surface area (Å²) in [6.45, 7) is 3.72.